The molecule has 1 amide bonds. The molecule has 18 heavy (non-hydrogen) atoms. The lowest BCUT2D eigenvalue weighted by Gasteiger charge is -2.12. The van der Waals surface area contributed by atoms with Crippen molar-refractivity contribution in [2.75, 3.05) is 20.1 Å². The number of likely N-dealkylation sites (N-methyl/N-ethyl adjacent to an activating group) is 1. The van der Waals surface area contributed by atoms with Crippen molar-refractivity contribution in [2.45, 2.75) is 12.5 Å². The number of rotatable bonds is 2. The van der Waals surface area contributed by atoms with E-state index in [2.05, 4.69) is 23.3 Å². The normalized spacial score (nSPS) is 20.4. The number of fused-ring (bicyclic) bond motifs is 1. The van der Waals surface area contributed by atoms with Gasteiger partial charge in [-0.1, -0.05) is 18.2 Å². The molecule has 1 aromatic heterocycles. The van der Waals surface area contributed by atoms with Crippen LogP contribution in [0.25, 0.3) is 10.1 Å². The molecule has 3 nitrogen and oxygen atoms in total. The minimum absolute atomic E-state index is 0.0627. The summed E-state index contributed by atoms with van der Waals surface area (Å²) in [7, 11) is 2.09. The molecule has 1 saturated heterocycles. The molecule has 1 unspecified atom stereocenters. The van der Waals surface area contributed by atoms with Gasteiger partial charge in [0.2, 0.25) is 0 Å². The van der Waals surface area contributed by atoms with Gasteiger partial charge in [-0.25, -0.2) is 0 Å². The smallest absolute Gasteiger partial charge is 0.253 e. The summed E-state index contributed by atoms with van der Waals surface area (Å²) in [4.78, 5) is 14.5. The van der Waals surface area contributed by atoms with Gasteiger partial charge in [0.25, 0.3) is 5.91 Å². The molecular formula is C14H16N2OS. The molecule has 0 saturated carbocycles. The molecule has 4 heteroatoms. The van der Waals surface area contributed by atoms with E-state index < -0.39 is 0 Å². The van der Waals surface area contributed by atoms with E-state index in [-0.39, 0.29) is 5.91 Å². The maximum atomic E-state index is 12.3. The number of carbonyl (C=O) groups excluding carboxylic acids is 1. The third-order valence-corrected chi connectivity index (χ3v) is 4.42. The molecule has 1 atom stereocenters. The van der Waals surface area contributed by atoms with E-state index in [1.165, 1.54) is 4.70 Å². The van der Waals surface area contributed by atoms with Crippen LogP contribution in [0, 0.1) is 0 Å². The molecule has 94 valence electrons. The number of amides is 1. The van der Waals surface area contributed by atoms with Crippen LogP contribution in [0.1, 0.15) is 16.8 Å². The molecule has 2 aromatic rings. The van der Waals surface area contributed by atoms with Gasteiger partial charge in [-0.15, -0.1) is 11.3 Å². The Hall–Kier alpha value is -1.39. The summed E-state index contributed by atoms with van der Waals surface area (Å²) in [6, 6.07) is 8.35. The van der Waals surface area contributed by atoms with Crippen LogP contribution in [0.4, 0.5) is 0 Å². The summed E-state index contributed by atoms with van der Waals surface area (Å²) >= 11 is 1.63. The Morgan fingerprint density at radius 3 is 3.06 bits per heavy atom. The number of hydrogen-bond donors (Lipinski definition) is 1. The van der Waals surface area contributed by atoms with Crippen molar-refractivity contribution in [1.82, 2.24) is 10.2 Å². The number of nitrogens with one attached hydrogen (secondary N) is 1. The highest BCUT2D eigenvalue weighted by Crippen LogP contribution is 2.25. The number of hydrogen-bond acceptors (Lipinski definition) is 3. The number of carbonyl (C=O) groups is 1. The second kappa shape index (κ2) is 4.71. The van der Waals surface area contributed by atoms with Gasteiger partial charge >= 0.3 is 0 Å². The van der Waals surface area contributed by atoms with E-state index in [1.807, 2.05) is 23.6 Å². The first kappa shape index (κ1) is 11.7. The maximum Gasteiger partial charge on any atom is 0.253 e. The van der Waals surface area contributed by atoms with Gasteiger partial charge in [0.05, 0.1) is 5.56 Å². The van der Waals surface area contributed by atoms with E-state index in [0.717, 1.165) is 30.5 Å². The van der Waals surface area contributed by atoms with Crippen molar-refractivity contribution in [1.29, 1.82) is 0 Å². The Morgan fingerprint density at radius 1 is 1.44 bits per heavy atom. The van der Waals surface area contributed by atoms with Crippen LogP contribution in [-0.4, -0.2) is 37.0 Å². The SMILES string of the molecule is CN1CCC(NC(=O)c2csc3ccccc23)C1. The van der Waals surface area contributed by atoms with Gasteiger partial charge in [-0.2, -0.15) is 0 Å². The molecule has 0 radical (unpaired) electrons. The first-order valence-corrected chi connectivity index (χ1v) is 7.07. The summed E-state index contributed by atoms with van der Waals surface area (Å²) < 4.78 is 1.17. The highest BCUT2D eigenvalue weighted by molar-refractivity contribution is 7.17. The lowest BCUT2D eigenvalue weighted by Crippen LogP contribution is -2.36. The third kappa shape index (κ3) is 2.13. The molecular weight excluding hydrogens is 244 g/mol. The van der Waals surface area contributed by atoms with E-state index in [0.29, 0.717) is 6.04 Å². The van der Waals surface area contributed by atoms with Crippen molar-refractivity contribution < 1.29 is 4.79 Å². The summed E-state index contributed by atoms with van der Waals surface area (Å²) in [6.07, 6.45) is 1.05. The molecule has 0 aliphatic carbocycles. The molecule has 1 aliphatic rings. The first-order chi connectivity index (χ1) is 8.74. The van der Waals surface area contributed by atoms with Gasteiger partial charge in [-0.05, 0) is 26.1 Å². The van der Waals surface area contributed by atoms with Crippen LogP contribution in [0.3, 0.4) is 0 Å². The highest BCUT2D eigenvalue weighted by atomic mass is 32.1. The summed E-state index contributed by atoms with van der Waals surface area (Å²) in [5, 5.41) is 6.15. The predicted octanol–water partition coefficient (Wildman–Crippen LogP) is 2.34. The first-order valence-electron chi connectivity index (χ1n) is 6.19. The van der Waals surface area contributed by atoms with E-state index in [4.69, 9.17) is 0 Å². The number of nitrogens with zero attached hydrogens (tertiary/aromatic N) is 1. The minimum atomic E-state index is 0.0627. The van der Waals surface area contributed by atoms with Crippen LogP contribution < -0.4 is 5.32 Å². The van der Waals surface area contributed by atoms with E-state index in [9.17, 15) is 4.79 Å². The minimum Gasteiger partial charge on any atom is -0.348 e. The average Bonchev–Trinajstić information content (AvgIpc) is 2.95. The van der Waals surface area contributed by atoms with Crippen LogP contribution in [0.2, 0.25) is 0 Å². The van der Waals surface area contributed by atoms with Gasteiger partial charge < -0.3 is 10.2 Å². The van der Waals surface area contributed by atoms with Crippen molar-refractivity contribution >= 4 is 27.3 Å². The second-order valence-corrected chi connectivity index (χ2v) is 5.78. The fraction of sp³-hybridized carbons (Fsp3) is 0.357. The molecule has 0 bridgehead atoms. The van der Waals surface area contributed by atoms with Gasteiger partial charge in [-0.3, -0.25) is 4.79 Å². The lowest BCUT2D eigenvalue weighted by molar-refractivity contribution is 0.0940. The largest absolute Gasteiger partial charge is 0.348 e. The fourth-order valence-electron chi connectivity index (χ4n) is 2.47. The van der Waals surface area contributed by atoms with Gasteiger partial charge in [0.15, 0.2) is 0 Å². The average molecular weight is 260 g/mol. The zero-order chi connectivity index (χ0) is 12.5. The molecule has 3 rings (SSSR count). The molecule has 1 fully saturated rings. The van der Waals surface area contributed by atoms with Gasteiger partial charge in [0, 0.05) is 28.1 Å². The molecule has 1 aliphatic heterocycles. The summed E-state index contributed by atoms with van der Waals surface area (Å²) in [5.74, 6) is 0.0627. The zero-order valence-corrected chi connectivity index (χ0v) is 11.2. The molecule has 1 aromatic carbocycles. The standard InChI is InChI=1S/C14H16N2OS/c1-16-7-6-10(8-16)15-14(17)12-9-18-13-5-3-2-4-11(12)13/h2-5,9-10H,6-8H2,1H3,(H,15,17). The molecule has 2 heterocycles. The third-order valence-electron chi connectivity index (χ3n) is 3.45. The number of benzene rings is 1. The number of likely N-dealkylation sites (tertiary alicyclic amines) is 1. The van der Waals surface area contributed by atoms with Crippen LogP contribution in [0.5, 0.6) is 0 Å². The van der Waals surface area contributed by atoms with Crippen LogP contribution >= 0.6 is 11.3 Å². The predicted molar refractivity (Wildman–Crippen MR) is 75.2 cm³/mol. The highest BCUT2D eigenvalue weighted by Gasteiger charge is 2.22. The monoisotopic (exact) mass is 260 g/mol. The van der Waals surface area contributed by atoms with Crippen LogP contribution in [-0.2, 0) is 0 Å². The second-order valence-electron chi connectivity index (χ2n) is 4.87. The Bertz CT molecular complexity index is 578. The number of thiophene rings is 1. The van der Waals surface area contributed by atoms with E-state index >= 15 is 0 Å². The Labute approximate surface area is 110 Å². The zero-order valence-electron chi connectivity index (χ0n) is 10.3. The maximum absolute atomic E-state index is 12.3. The van der Waals surface area contributed by atoms with Crippen molar-refractivity contribution in [3.63, 3.8) is 0 Å². The van der Waals surface area contributed by atoms with E-state index in [1.54, 1.807) is 11.3 Å². The van der Waals surface area contributed by atoms with Crippen molar-refractivity contribution in [2.24, 2.45) is 0 Å². The molecule has 0 spiro atoms. The summed E-state index contributed by atoms with van der Waals surface area (Å²) in [6.45, 7) is 2.02. The Morgan fingerprint density at radius 2 is 2.28 bits per heavy atom. The summed E-state index contributed by atoms with van der Waals surface area (Å²) in [5.41, 5.74) is 0.810. The van der Waals surface area contributed by atoms with Gasteiger partial charge in [0.1, 0.15) is 0 Å². The topological polar surface area (TPSA) is 32.3 Å². The lowest BCUT2D eigenvalue weighted by atomic mass is 10.1. The fourth-order valence-corrected chi connectivity index (χ4v) is 3.41. The Kier molecular flexibility index (Phi) is 3.06. The quantitative estimate of drug-likeness (QED) is 0.899. The van der Waals surface area contributed by atoms with Crippen molar-refractivity contribution in [3.8, 4) is 0 Å². The van der Waals surface area contributed by atoms with Crippen molar-refractivity contribution in [3.05, 3.63) is 35.2 Å². The van der Waals surface area contributed by atoms with Crippen LogP contribution in [0.15, 0.2) is 29.6 Å². The Balaban J connectivity index is 1.80. The molecule has 1 N–H and O–H groups in total.